The lowest BCUT2D eigenvalue weighted by molar-refractivity contribution is -0.301. The number of hydrogen-bond acceptors (Lipinski definition) is 11. The molecular formula is C63H116O12. The lowest BCUT2D eigenvalue weighted by atomic mass is 9.98. The van der Waals surface area contributed by atoms with E-state index >= 15 is 0 Å². The summed E-state index contributed by atoms with van der Waals surface area (Å²) in [4.78, 5) is 51.2. The van der Waals surface area contributed by atoms with Crippen LogP contribution in [0.4, 0.5) is 0 Å². The van der Waals surface area contributed by atoms with E-state index in [2.05, 4.69) is 32.9 Å². The van der Waals surface area contributed by atoms with Gasteiger partial charge >= 0.3 is 23.9 Å². The highest BCUT2D eigenvalue weighted by atomic mass is 16.7. The normalized spacial score (nSPS) is 18.1. The van der Waals surface area contributed by atoms with E-state index in [1.165, 1.54) is 180 Å². The molecule has 12 nitrogen and oxygen atoms in total. The van der Waals surface area contributed by atoms with Crippen LogP contribution in [0.5, 0.6) is 0 Å². The summed E-state index contributed by atoms with van der Waals surface area (Å²) in [6.45, 7) is 6.03. The van der Waals surface area contributed by atoms with Crippen LogP contribution < -0.4 is 0 Å². The SMILES string of the molecule is CCCCCCCC/C=C\CCCCCCCC(=O)OC1C(OCC(COC(=O)CCCCCCCCCCCCCCCCCCC)OC(=O)CCCCCCCCCCCCCCC)OC(C(=O)O)C(O)C1O. The standard InChI is InChI=1S/C63H116O12/c1-4-7-10-13-16-19-22-25-27-28-30-32-34-37-40-43-46-49-55(64)71-52-54(73-56(65)50-47-44-41-38-35-31-24-21-18-15-12-9-6-3)53-72-63-61(59(68)58(67)60(75-63)62(69)70)74-57(66)51-48-45-42-39-36-33-29-26-23-20-17-14-11-8-5-2/h26,29,54,58-61,63,67-68H,4-25,27-28,30-53H2,1-3H3,(H,69,70)/b29-26-. The van der Waals surface area contributed by atoms with Gasteiger partial charge in [-0.2, -0.15) is 0 Å². The summed E-state index contributed by atoms with van der Waals surface area (Å²) in [5.74, 6) is -3.09. The lowest BCUT2D eigenvalue weighted by Crippen LogP contribution is -2.61. The summed E-state index contributed by atoms with van der Waals surface area (Å²) in [6.07, 6.45) is 46.0. The Hall–Kier alpha value is -2.54. The number of carboxylic acids is 1. The molecule has 0 aromatic rings. The molecule has 0 aliphatic carbocycles. The third-order valence-corrected chi connectivity index (χ3v) is 14.8. The Balaban J connectivity index is 2.64. The second kappa shape index (κ2) is 52.2. The Morgan fingerprint density at radius 1 is 0.427 bits per heavy atom. The molecule has 0 aromatic heterocycles. The Bertz CT molecular complexity index is 1360. The van der Waals surface area contributed by atoms with Crippen molar-refractivity contribution in [3.63, 3.8) is 0 Å². The fourth-order valence-electron chi connectivity index (χ4n) is 9.95. The van der Waals surface area contributed by atoms with Crippen LogP contribution in [0.2, 0.25) is 0 Å². The maximum absolute atomic E-state index is 13.2. The quantitative estimate of drug-likeness (QED) is 0.0228. The number of rotatable bonds is 55. The summed E-state index contributed by atoms with van der Waals surface area (Å²) in [5.41, 5.74) is 0. The summed E-state index contributed by atoms with van der Waals surface area (Å²) in [7, 11) is 0. The molecule has 1 fully saturated rings. The van der Waals surface area contributed by atoms with Gasteiger partial charge in [-0.3, -0.25) is 14.4 Å². The molecule has 6 atom stereocenters. The molecule has 0 radical (unpaired) electrons. The molecule has 1 heterocycles. The Kier molecular flexibility index (Phi) is 49.0. The number of aliphatic hydroxyl groups excluding tert-OH is 2. The number of aliphatic hydroxyl groups is 2. The number of unbranched alkanes of at least 4 members (excludes halogenated alkanes) is 39. The van der Waals surface area contributed by atoms with Crippen molar-refractivity contribution in [2.75, 3.05) is 13.2 Å². The van der Waals surface area contributed by atoms with Gasteiger partial charge in [0.1, 0.15) is 18.8 Å². The van der Waals surface area contributed by atoms with Gasteiger partial charge in [-0.1, -0.05) is 264 Å². The molecule has 3 N–H and O–H groups in total. The second-order valence-electron chi connectivity index (χ2n) is 22.1. The van der Waals surface area contributed by atoms with E-state index in [0.29, 0.717) is 19.3 Å². The zero-order valence-electron chi connectivity index (χ0n) is 48.6. The average Bonchev–Trinajstić information content (AvgIpc) is 3.39. The van der Waals surface area contributed by atoms with Crippen molar-refractivity contribution in [2.24, 2.45) is 0 Å². The van der Waals surface area contributed by atoms with Gasteiger partial charge in [-0.15, -0.1) is 0 Å². The number of hydrogen-bond donors (Lipinski definition) is 3. The molecule has 1 aliphatic rings. The molecular weight excluding hydrogens is 949 g/mol. The minimum Gasteiger partial charge on any atom is -0.479 e. The highest BCUT2D eigenvalue weighted by Crippen LogP contribution is 2.27. The molecule has 75 heavy (non-hydrogen) atoms. The monoisotopic (exact) mass is 1060 g/mol. The molecule has 440 valence electrons. The first-order valence-corrected chi connectivity index (χ1v) is 31.7. The summed E-state index contributed by atoms with van der Waals surface area (Å²) in [5, 5.41) is 31.5. The summed E-state index contributed by atoms with van der Waals surface area (Å²) in [6, 6.07) is 0. The highest BCUT2D eigenvalue weighted by molar-refractivity contribution is 5.74. The van der Waals surface area contributed by atoms with E-state index in [-0.39, 0.29) is 25.9 Å². The first kappa shape index (κ1) is 70.5. The molecule has 0 aromatic carbocycles. The van der Waals surface area contributed by atoms with Crippen LogP contribution in [-0.4, -0.2) is 89.2 Å². The Morgan fingerprint density at radius 3 is 1.13 bits per heavy atom. The number of carbonyl (C=O) groups excluding carboxylic acids is 3. The van der Waals surface area contributed by atoms with Gasteiger partial charge < -0.3 is 39.0 Å². The molecule has 0 spiro atoms. The van der Waals surface area contributed by atoms with Crippen molar-refractivity contribution in [1.29, 1.82) is 0 Å². The zero-order valence-corrected chi connectivity index (χ0v) is 48.6. The molecule has 12 heteroatoms. The second-order valence-corrected chi connectivity index (χ2v) is 22.1. The molecule has 0 bridgehead atoms. The predicted molar refractivity (Wildman–Crippen MR) is 304 cm³/mol. The summed E-state index contributed by atoms with van der Waals surface area (Å²) < 4.78 is 28.5. The summed E-state index contributed by atoms with van der Waals surface area (Å²) >= 11 is 0. The van der Waals surface area contributed by atoms with Gasteiger partial charge in [0.15, 0.2) is 24.6 Å². The highest BCUT2D eigenvalue weighted by Gasteiger charge is 2.50. The lowest BCUT2D eigenvalue weighted by Gasteiger charge is -2.40. The van der Waals surface area contributed by atoms with Crippen molar-refractivity contribution in [3.05, 3.63) is 12.2 Å². The predicted octanol–water partition coefficient (Wildman–Crippen LogP) is 16.5. The first-order valence-electron chi connectivity index (χ1n) is 31.7. The number of carboxylic acid groups (broad SMARTS) is 1. The van der Waals surface area contributed by atoms with E-state index in [1.54, 1.807) is 0 Å². The fraction of sp³-hybridized carbons (Fsp3) is 0.905. The van der Waals surface area contributed by atoms with Gasteiger partial charge in [0.05, 0.1) is 6.61 Å². The van der Waals surface area contributed by atoms with Gasteiger partial charge in [-0.25, -0.2) is 4.79 Å². The van der Waals surface area contributed by atoms with Crippen LogP contribution in [0.15, 0.2) is 12.2 Å². The number of carbonyl (C=O) groups is 4. The first-order chi connectivity index (χ1) is 36.6. The molecule has 0 saturated carbocycles. The smallest absolute Gasteiger partial charge is 0.335 e. The van der Waals surface area contributed by atoms with Crippen molar-refractivity contribution < 1.29 is 58.2 Å². The Labute approximate surface area is 458 Å². The van der Waals surface area contributed by atoms with E-state index in [4.69, 9.17) is 23.7 Å². The Morgan fingerprint density at radius 2 is 0.760 bits per heavy atom. The maximum atomic E-state index is 13.2. The third-order valence-electron chi connectivity index (χ3n) is 14.8. The minimum absolute atomic E-state index is 0.0569. The number of allylic oxidation sites excluding steroid dienone is 2. The van der Waals surface area contributed by atoms with Crippen molar-refractivity contribution in [1.82, 2.24) is 0 Å². The van der Waals surface area contributed by atoms with E-state index < -0.39 is 67.3 Å². The number of aliphatic carboxylic acids is 1. The maximum Gasteiger partial charge on any atom is 0.335 e. The van der Waals surface area contributed by atoms with Crippen LogP contribution in [-0.2, 0) is 42.9 Å². The molecule has 1 rings (SSSR count). The largest absolute Gasteiger partial charge is 0.479 e. The minimum atomic E-state index is -1.90. The zero-order chi connectivity index (χ0) is 54.7. The van der Waals surface area contributed by atoms with Crippen molar-refractivity contribution in [2.45, 2.75) is 353 Å². The van der Waals surface area contributed by atoms with E-state index in [0.717, 1.165) is 77.0 Å². The number of ether oxygens (including phenoxy) is 5. The average molecular weight is 1070 g/mol. The van der Waals surface area contributed by atoms with Crippen LogP contribution in [0.1, 0.15) is 316 Å². The van der Waals surface area contributed by atoms with Gasteiger partial charge in [0, 0.05) is 19.3 Å². The van der Waals surface area contributed by atoms with Crippen molar-refractivity contribution in [3.8, 4) is 0 Å². The van der Waals surface area contributed by atoms with E-state index in [1.807, 2.05) is 0 Å². The van der Waals surface area contributed by atoms with Crippen LogP contribution >= 0.6 is 0 Å². The van der Waals surface area contributed by atoms with Crippen LogP contribution in [0.25, 0.3) is 0 Å². The van der Waals surface area contributed by atoms with Gasteiger partial charge in [-0.05, 0) is 44.9 Å². The third kappa shape index (κ3) is 42.1. The topological polar surface area (TPSA) is 175 Å². The number of esters is 3. The van der Waals surface area contributed by atoms with Gasteiger partial charge in [0.2, 0.25) is 0 Å². The molecule has 1 aliphatic heterocycles. The van der Waals surface area contributed by atoms with Gasteiger partial charge in [0.25, 0.3) is 0 Å². The fourth-order valence-corrected chi connectivity index (χ4v) is 9.95. The van der Waals surface area contributed by atoms with Crippen molar-refractivity contribution >= 4 is 23.9 Å². The van der Waals surface area contributed by atoms with Crippen LogP contribution in [0, 0.1) is 0 Å². The van der Waals surface area contributed by atoms with Crippen LogP contribution in [0.3, 0.4) is 0 Å². The molecule has 1 saturated heterocycles. The van der Waals surface area contributed by atoms with E-state index in [9.17, 15) is 34.5 Å². The molecule has 6 unspecified atom stereocenters. The molecule has 0 amide bonds.